The van der Waals surface area contributed by atoms with E-state index < -0.39 is 5.97 Å². The number of benzene rings is 1. The van der Waals surface area contributed by atoms with Gasteiger partial charge in [-0.3, -0.25) is 0 Å². The summed E-state index contributed by atoms with van der Waals surface area (Å²) in [6.07, 6.45) is 2.80. The molecule has 102 valence electrons. The SMILES string of the molecule is Cc1cc2c(CCN)cn(CCN)c2cc1C(=O)O. The lowest BCUT2D eigenvalue weighted by Crippen LogP contribution is -2.09. The maximum absolute atomic E-state index is 11.2. The summed E-state index contributed by atoms with van der Waals surface area (Å²) in [6, 6.07) is 3.65. The molecule has 0 saturated carbocycles. The monoisotopic (exact) mass is 261 g/mol. The Morgan fingerprint density at radius 2 is 2.05 bits per heavy atom. The summed E-state index contributed by atoms with van der Waals surface area (Å²) >= 11 is 0. The Kier molecular flexibility index (Phi) is 3.87. The number of hydrogen-bond donors (Lipinski definition) is 3. The van der Waals surface area contributed by atoms with Crippen molar-refractivity contribution in [2.75, 3.05) is 13.1 Å². The van der Waals surface area contributed by atoms with Crippen LogP contribution in [0.25, 0.3) is 10.9 Å². The second-order valence-corrected chi connectivity index (χ2v) is 4.66. The maximum atomic E-state index is 11.2. The number of carboxylic acid groups (broad SMARTS) is 1. The molecule has 2 aromatic rings. The third kappa shape index (κ3) is 2.47. The zero-order chi connectivity index (χ0) is 14.0. The number of hydrogen-bond acceptors (Lipinski definition) is 3. The van der Waals surface area contributed by atoms with E-state index in [2.05, 4.69) is 0 Å². The third-order valence-corrected chi connectivity index (χ3v) is 3.32. The van der Waals surface area contributed by atoms with Crippen LogP contribution in [-0.4, -0.2) is 28.7 Å². The van der Waals surface area contributed by atoms with Gasteiger partial charge < -0.3 is 21.1 Å². The van der Waals surface area contributed by atoms with Crippen LogP contribution in [0.1, 0.15) is 21.5 Å². The van der Waals surface area contributed by atoms with Gasteiger partial charge in [0.05, 0.1) is 5.56 Å². The smallest absolute Gasteiger partial charge is 0.336 e. The third-order valence-electron chi connectivity index (χ3n) is 3.32. The maximum Gasteiger partial charge on any atom is 0.336 e. The Hall–Kier alpha value is -1.85. The van der Waals surface area contributed by atoms with E-state index >= 15 is 0 Å². The molecule has 19 heavy (non-hydrogen) atoms. The lowest BCUT2D eigenvalue weighted by Gasteiger charge is -2.06. The van der Waals surface area contributed by atoms with E-state index in [1.165, 1.54) is 0 Å². The van der Waals surface area contributed by atoms with Crippen LogP contribution in [-0.2, 0) is 13.0 Å². The number of nitrogens with two attached hydrogens (primary N) is 2. The molecular weight excluding hydrogens is 242 g/mol. The van der Waals surface area contributed by atoms with Crippen molar-refractivity contribution in [3.63, 3.8) is 0 Å². The van der Waals surface area contributed by atoms with Crippen LogP contribution < -0.4 is 11.5 Å². The fraction of sp³-hybridized carbons (Fsp3) is 0.357. The lowest BCUT2D eigenvalue weighted by molar-refractivity contribution is 0.0696. The zero-order valence-corrected chi connectivity index (χ0v) is 11.0. The van der Waals surface area contributed by atoms with E-state index in [1.807, 2.05) is 23.8 Å². The number of carbonyl (C=O) groups is 1. The molecule has 1 heterocycles. The van der Waals surface area contributed by atoms with Crippen LogP contribution in [0.3, 0.4) is 0 Å². The van der Waals surface area contributed by atoms with E-state index in [0.717, 1.165) is 28.5 Å². The first-order valence-corrected chi connectivity index (χ1v) is 6.34. The van der Waals surface area contributed by atoms with Gasteiger partial charge in [0.15, 0.2) is 0 Å². The van der Waals surface area contributed by atoms with Crippen LogP contribution in [0.15, 0.2) is 18.3 Å². The minimum Gasteiger partial charge on any atom is -0.478 e. The lowest BCUT2D eigenvalue weighted by atomic mass is 10.0. The summed E-state index contributed by atoms with van der Waals surface area (Å²) in [7, 11) is 0. The minimum atomic E-state index is -0.903. The van der Waals surface area contributed by atoms with Gasteiger partial charge in [0.25, 0.3) is 0 Å². The van der Waals surface area contributed by atoms with Crippen LogP contribution in [0.5, 0.6) is 0 Å². The first kappa shape index (κ1) is 13.6. The molecule has 5 nitrogen and oxygen atoms in total. The van der Waals surface area contributed by atoms with Gasteiger partial charge in [-0.1, -0.05) is 0 Å². The Bertz CT molecular complexity index is 617. The zero-order valence-electron chi connectivity index (χ0n) is 11.0. The number of carboxylic acids is 1. The quantitative estimate of drug-likeness (QED) is 0.751. The van der Waals surface area contributed by atoms with E-state index in [-0.39, 0.29) is 0 Å². The molecule has 0 aliphatic heterocycles. The fourth-order valence-electron chi connectivity index (χ4n) is 2.43. The molecule has 0 spiro atoms. The van der Waals surface area contributed by atoms with Gasteiger partial charge in [0.1, 0.15) is 0 Å². The molecule has 0 amide bonds. The average molecular weight is 261 g/mol. The summed E-state index contributed by atoms with van der Waals surface area (Å²) in [5.41, 5.74) is 14.4. The van der Waals surface area contributed by atoms with Crippen LogP contribution in [0.4, 0.5) is 0 Å². The first-order valence-electron chi connectivity index (χ1n) is 6.34. The highest BCUT2D eigenvalue weighted by molar-refractivity contribution is 5.96. The molecule has 0 atom stereocenters. The molecule has 0 saturated heterocycles. The second-order valence-electron chi connectivity index (χ2n) is 4.66. The van der Waals surface area contributed by atoms with E-state index in [0.29, 0.717) is 25.2 Å². The van der Waals surface area contributed by atoms with E-state index in [4.69, 9.17) is 11.5 Å². The highest BCUT2D eigenvalue weighted by Gasteiger charge is 2.14. The topological polar surface area (TPSA) is 94.3 Å². The van der Waals surface area contributed by atoms with E-state index in [9.17, 15) is 9.90 Å². The van der Waals surface area contributed by atoms with Gasteiger partial charge in [0.2, 0.25) is 0 Å². The number of aromatic nitrogens is 1. The molecule has 0 aliphatic carbocycles. The first-order chi connectivity index (χ1) is 9.08. The van der Waals surface area contributed by atoms with Crippen LogP contribution >= 0.6 is 0 Å². The predicted molar refractivity (Wildman–Crippen MR) is 75.4 cm³/mol. The highest BCUT2D eigenvalue weighted by atomic mass is 16.4. The molecule has 0 aliphatic rings. The highest BCUT2D eigenvalue weighted by Crippen LogP contribution is 2.25. The summed E-state index contributed by atoms with van der Waals surface area (Å²) < 4.78 is 2.01. The van der Waals surface area contributed by atoms with Gasteiger partial charge in [-0.2, -0.15) is 0 Å². The Morgan fingerprint density at radius 3 is 2.63 bits per heavy atom. The normalized spacial score (nSPS) is 11.1. The fourth-order valence-corrected chi connectivity index (χ4v) is 2.43. The minimum absolute atomic E-state index is 0.336. The van der Waals surface area contributed by atoms with Gasteiger partial charge in [-0.15, -0.1) is 0 Å². The molecule has 0 radical (unpaired) electrons. The average Bonchev–Trinajstić information content (AvgIpc) is 2.67. The molecule has 1 aromatic carbocycles. The van der Waals surface area contributed by atoms with Gasteiger partial charge in [0, 0.05) is 30.2 Å². The van der Waals surface area contributed by atoms with Crippen molar-refractivity contribution in [2.45, 2.75) is 19.9 Å². The molecular formula is C14H19N3O2. The Labute approximate surface area is 111 Å². The Morgan fingerprint density at radius 1 is 1.32 bits per heavy atom. The number of nitrogens with zero attached hydrogens (tertiary/aromatic N) is 1. The van der Waals surface area contributed by atoms with Gasteiger partial charge >= 0.3 is 5.97 Å². The number of fused-ring (bicyclic) bond motifs is 1. The molecule has 0 fully saturated rings. The Balaban J connectivity index is 2.68. The van der Waals surface area contributed by atoms with E-state index in [1.54, 1.807) is 6.07 Å². The van der Waals surface area contributed by atoms with Crippen molar-refractivity contribution in [3.05, 3.63) is 35.0 Å². The predicted octanol–water partition coefficient (Wildman–Crippen LogP) is 1.11. The van der Waals surface area contributed by atoms with Crippen molar-refractivity contribution >= 4 is 16.9 Å². The van der Waals surface area contributed by atoms with Crippen molar-refractivity contribution in [3.8, 4) is 0 Å². The summed E-state index contributed by atoms with van der Waals surface area (Å²) in [5.74, 6) is -0.903. The summed E-state index contributed by atoms with van der Waals surface area (Å²) in [6.45, 7) is 3.57. The molecule has 0 unspecified atom stereocenters. The van der Waals surface area contributed by atoms with Crippen molar-refractivity contribution in [2.24, 2.45) is 11.5 Å². The number of aromatic carboxylic acids is 1. The van der Waals surface area contributed by atoms with Gasteiger partial charge in [-0.05, 0) is 43.1 Å². The second kappa shape index (κ2) is 5.42. The summed E-state index contributed by atoms with van der Waals surface area (Å²) in [4.78, 5) is 11.2. The van der Waals surface area contributed by atoms with Crippen LogP contribution in [0, 0.1) is 6.92 Å². The molecule has 2 rings (SSSR count). The van der Waals surface area contributed by atoms with Crippen molar-refractivity contribution < 1.29 is 9.90 Å². The number of aryl methyl sites for hydroxylation is 1. The molecule has 5 N–H and O–H groups in total. The van der Waals surface area contributed by atoms with Gasteiger partial charge in [-0.25, -0.2) is 4.79 Å². The van der Waals surface area contributed by atoms with Crippen molar-refractivity contribution in [1.29, 1.82) is 0 Å². The molecule has 5 heteroatoms. The largest absolute Gasteiger partial charge is 0.478 e. The number of rotatable bonds is 5. The standard InChI is InChI=1S/C14H19N3O2/c1-9-6-12-10(2-3-15)8-17(5-4-16)13(12)7-11(9)14(18)19/h6-8H,2-5,15-16H2,1H3,(H,18,19). The summed E-state index contributed by atoms with van der Waals surface area (Å²) in [5, 5.41) is 10.3. The van der Waals surface area contributed by atoms with Crippen molar-refractivity contribution in [1.82, 2.24) is 4.57 Å². The molecule has 0 bridgehead atoms. The molecule has 1 aromatic heterocycles. The van der Waals surface area contributed by atoms with Crippen LogP contribution in [0.2, 0.25) is 0 Å².